The lowest BCUT2D eigenvalue weighted by Gasteiger charge is -2.16. The Morgan fingerprint density at radius 3 is 2.61 bits per heavy atom. The molecule has 0 aliphatic carbocycles. The second kappa shape index (κ2) is 10.1. The van der Waals surface area contributed by atoms with E-state index in [2.05, 4.69) is 40.7 Å². The van der Waals surface area contributed by atoms with Crippen molar-refractivity contribution in [3.05, 3.63) is 77.4 Å². The fourth-order valence-electron chi connectivity index (χ4n) is 4.08. The van der Waals surface area contributed by atoms with E-state index in [9.17, 15) is 17.8 Å². The number of carbonyl (C=O) groups excluding carboxylic acids is 1. The highest BCUT2D eigenvalue weighted by atomic mass is 32.2. The maximum absolute atomic E-state index is 12.9. The Bertz CT molecular complexity index is 1990. The lowest BCUT2D eigenvalue weighted by molar-refractivity contribution is 0.102. The molecule has 5 rings (SSSR count). The average Bonchev–Trinajstić information content (AvgIpc) is 3.59. The number of nitrogens with one attached hydrogen (secondary N) is 2. The molecule has 15 heteroatoms. The van der Waals surface area contributed by atoms with Crippen molar-refractivity contribution in [3.63, 3.8) is 0 Å². The van der Waals surface area contributed by atoms with Gasteiger partial charge in [-0.3, -0.25) is 19.1 Å². The molecular weight excluding hydrogens is 548 g/mol. The molecule has 41 heavy (non-hydrogen) atoms. The van der Waals surface area contributed by atoms with E-state index >= 15 is 0 Å². The average molecular weight is 573 g/mol. The summed E-state index contributed by atoms with van der Waals surface area (Å²) >= 11 is 0. The molecule has 0 bridgehead atoms. The highest BCUT2D eigenvalue weighted by molar-refractivity contribution is 7.86. The van der Waals surface area contributed by atoms with Crippen molar-refractivity contribution < 1.29 is 17.8 Å². The number of H-pyrrole nitrogens is 1. The van der Waals surface area contributed by atoms with E-state index in [4.69, 9.17) is 6.57 Å². The van der Waals surface area contributed by atoms with Crippen molar-refractivity contribution in [1.29, 1.82) is 0 Å². The molecule has 3 heterocycles. The van der Waals surface area contributed by atoms with Crippen molar-refractivity contribution in [2.45, 2.75) is 31.1 Å². The predicted molar refractivity (Wildman–Crippen MR) is 149 cm³/mol. The molecule has 0 saturated carbocycles. The van der Waals surface area contributed by atoms with Crippen molar-refractivity contribution in [2.75, 3.05) is 5.32 Å². The Balaban J connectivity index is 1.51. The Labute approximate surface area is 234 Å². The highest BCUT2D eigenvalue weighted by Gasteiger charge is 2.26. The second-order valence-corrected chi connectivity index (χ2v) is 11.4. The summed E-state index contributed by atoms with van der Waals surface area (Å²) < 4.78 is 35.8. The highest BCUT2D eigenvalue weighted by Crippen LogP contribution is 2.37. The van der Waals surface area contributed by atoms with Gasteiger partial charge in [0.25, 0.3) is 21.7 Å². The Morgan fingerprint density at radius 1 is 1.15 bits per heavy atom. The Kier molecular flexibility index (Phi) is 6.73. The number of fused-ring (bicyclic) bond motifs is 1. The van der Waals surface area contributed by atoms with Crippen LogP contribution in [0, 0.1) is 6.57 Å². The van der Waals surface area contributed by atoms with E-state index < -0.39 is 20.9 Å². The van der Waals surface area contributed by atoms with Crippen LogP contribution in [-0.2, 0) is 22.6 Å². The first-order valence-corrected chi connectivity index (χ1v) is 13.6. The van der Waals surface area contributed by atoms with Crippen molar-refractivity contribution in [3.8, 4) is 11.4 Å². The van der Waals surface area contributed by atoms with Gasteiger partial charge in [-0.05, 0) is 24.3 Å². The quantitative estimate of drug-likeness (QED) is 0.142. The summed E-state index contributed by atoms with van der Waals surface area (Å²) in [5, 5.41) is 23.2. The monoisotopic (exact) mass is 572 g/mol. The van der Waals surface area contributed by atoms with Gasteiger partial charge in [-0.15, -0.1) is 15.3 Å². The summed E-state index contributed by atoms with van der Waals surface area (Å²) in [6, 6.07) is 12.0. The van der Waals surface area contributed by atoms with Crippen LogP contribution in [0.1, 0.15) is 36.8 Å². The third kappa shape index (κ3) is 5.33. The van der Waals surface area contributed by atoms with Crippen molar-refractivity contribution >= 4 is 44.6 Å². The number of anilines is 1. The lowest BCUT2D eigenvalue weighted by atomic mass is 9.91. The van der Waals surface area contributed by atoms with E-state index in [0.717, 1.165) is 11.8 Å². The third-order valence-corrected chi connectivity index (χ3v) is 6.98. The fraction of sp³-hybridized carbons (Fsp3) is 0.192. The van der Waals surface area contributed by atoms with E-state index in [1.54, 1.807) is 31.3 Å². The molecule has 14 nitrogen and oxygen atoms in total. The number of rotatable bonds is 6. The number of nitrogens with zero attached hydrogens (tertiary/aromatic N) is 8. The van der Waals surface area contributed by atoms with E-state index in [1.165, 1.54) is 33.7 Å². The first-order chi connectivity index (χ1) is 19.4. The number of amides is 1. The minimum atomic E-state index is -4.60. The molecule has 0 atom stereocenters. The van der Waals surface area contributed by atoms with Gasteiger partial charge in [-0.25, -0.2) is 9.83 Å². The van der Waals surface area contributed by atoms with Gasteiger partial charge in [0.15, 0.2) is 17.3 Å². The van der Waals surface area contributed by atoms with E-state index in [-0.39, 0.29) is 16.7 Å². The largest absolute Gasteiger partial charge is 0.322 e. The van der Waals surface area contributed by atoms with Crippen LogP contribution in [0.3, 0.4) is 0 Å². The summed E-state index contributed by atoms with van der Waals surface area (Å²) in [4.78, 5) is 20.5. The molecule has 0 spiro atoms. The van der Waals surface area contributed by atoms with E-state index in [1.807, 2.05) is 20.8 Å². The molecule has 2 aromatic carbocycles. The molecule has 208 valence electrons. The Morgan fingerprint density at radius 2 is 1.90 bits per heavy atom. The minimum Gasteiger partial charge on any atom is -0.322 e. The minimum absolute atomic E-state index is 0.201. The standard InChI is InChI=1S/C26H24N10O4S/c1-26(2,3)21-20(31-32-23-18(27-4)14-28-35(23)5)24-30-22(34-36(24)33-21)15-9-8-10-16(13-15)29-25(37)17-11-6-7-12-19(17)41(38,39)40/h6-14,33H,1-3,5H3,(H,29,37)(H,38,39,40). The summed E-state index contributed by atoms with van der Waals surface area (Å²) in [5.41, 5.74) is 2.19. The SMILES string of the molecule is [C-]#[N+]c1cnn(C)c1N=Nc1c(C(C)(C)C)[nH]n2nc(-c3cccc(NC(=O)c4ccccc4S(=O)(=O)O)c3)nc12. The zero-order valence-electron chi connectivity index (χ0n) is 22.4. The number of aromatic nitrogens is 6. The first kappa shape index (κ1) is 27.4. The van der Waals surface area contributed by atoms with Crippen LogP contribution in [0.4, 0.5) is 22.9 Å². The lowest BCUT2D eigenvalue weighted by Crippen LogP contribution is -2.16. The van der Waals surface area contributed by atoms with E-state index in [0.29, 0.717) is 34.2 Å². The van der Waals surface area contributed by atoms with Crippen molar-refractivity contribution in [1.82, 2.24) is 29.6 Å². The van der Waals surface area contributed by atoms with Crippen LogP contribution in [-0.4, -0.2) is 48.5 Å². The van der Waals surface area contributed by atoms with Crippen LogP contribution in [0.25, 0.3) is 21.9 Å². The molecule has 0 saturated heterocycles. The normalized spacial score (nSPS) is 12.2. The number of aryl methyl sites for hydroxylation is 1. The molecule has 0 aliphatic heterocycles. The number of benzene rings is 2. The zero-order chi connectivity index (χ0) is 29.5. The third-order valence-electron chi connectivity index (χ3n) is 6.07. The predicted octanol–water partition coefficient (Wildman–Crippen LogP) is 5.22. The second-order valence-electron chi connectivity index (χ2n) is 10.1. The molecule has 0 fully saturated rings. The summed E-state index contributed by atoms with van der Waals surface area (Å²) in [6.07, 6.45) is 1.42. The molecule has 3 aromatic heterocycles. The molecular formula is C26H24N10O4S. The van der Waals surface area contributed by atoms with Crippen molar-refractivity contribution in [2.24, 2.45) is 17.3 Å². The van der Waals surface area contributed by atoms with Gasteiger partial charge in [0, 0.05) is 23.7 Å². The fourth-order valence-corrected chi connectivity index (χ4v) is 4.77. The van der Waals surface area contributed by atoms with Crippen LogP contribution in [0.15, 0.2) is 69.9 Å². The van der Waals surface area contributed by atoms with Gasteiger partial charge in [0.2, 0.25) is 5.65 Å². The van der Waals surface area contributed by atoms with Gasteiger partial charge < -0.3 is 5.32 Å². The van der Waals surface area contributed by atoms with Gasteiger partial charge in [0.05, 0.1) is 24.0 Å². The summed E-state index contributed by atoms with van der Waals surface area (Å²) in [7, 11) is -2.93. The van der Waals surface area contributed by atoms with Crippen LogP contribution in [0.5, 0.6) is 0 Å². The van der Waals surface area contributed by atoms with Gasteiger partial charge in [0.1, 0.15) is 4.90 Å². The number of hydrogen-bond acceptors (Lipinski definition) is 8. The Hall–Kier alpha value is -5.20. The number of carbonyl (C=O) groups is 1. The number of azo groups is 1. The summed E-state index contributed by atoms with van der Waals surface area (Å²) in [5.74, 6) is -0.0883. The van der Waals surface area contributed by atoms with Gasteiger partial charge >= 0.3 is 0 Å². The molecule has 0 radical (unpaired) electrons. The van der Waals surface area contributed by atoms with Crippen LogP contribution >= 0.6 is 0 Å². The van der Waals surface area contributed by atoms with Gasteiger partial charge in [-0.1, -0.05) is 45.0 Å². The molecule has 0 aliphatic rings. The number of hydrogen-bond donors (Lipinski definition) is 3. The molecule has 5 aromatic rings. The first-order valence-electron chi connectivity index (χ1n) is 12.2. The maximum Gasteiger partial charge on any atom is 0.295 e. The number of aromatic amines is 1. The molecule has 1 amide bonds. The zero-order valence-corrected chi connectivity index (χ0v) is 23.2. The molecule has 0 unspecified atom stereocenters. The summed E-state index contributed by atoms with van der Waals surface area (Å²) in [6.45, 7) is 13.3. The molecule has 3 N–H and O–H groups in total. The van der Waals surface area contributed by atoms with Gasteiger partial charge in [-0.2, -0.15) is 18.1 Å². The van der Waals surface area contributed by atoms with Crippen LogP contribution in [0.2, 0.25) is 0 Å². The van der Waals surface area contributed by atoms with Crippen LogP contribution < -0.4 is 5.32 Å². The smallest absolute Gasteiger partial charge is 0.295 e. The maximum atomic E-state index is 12.9. The topological polar surface area (TPSA) is 176 Å².